The Balaban J connectivity index is 1.57. The molecule has 0 aromatic heterocycles. The molecular weight excluding hydrogens is 552 g/mol. The largest absolute Gasteiger partial charge is 0.496 e. The molecule has 10 nitrogen and oxygen atoms in total. The maximum absolute atomic E-state index is 12.8. The van der Waals surface area contributed by atoms with Crippen LogP contribution in [0.4, 0.5) is 0 Å². The SMILES string of the molecule is COc1cc(OC)c(/C=C/C=C/C(=O)N2CCCN(C(=O)/C=C/C=C/c3c(OC)cc(OC)cc3OC)CC2)c(OC)c1. The van der Waals surface area contributed by atoms with E-state index in [0.717, 1.165) is 11.1 Å². The van der Waals surface area contributed by atoms with E-state index >= 15 is 0 Å². The fourth-order valence-electron chi connectivity index (χ4n) is 4.54. The third kappa shape index (κ3) is 8.81. The Morgan fingerprint density at radius 3 is 1.19 bits per heavy atom. The van der Waals surface area contributed by atoms with E-state index in [4.69, 9.17) is 28.4 Å². The molecule has 1 heterocycles. The zero-order valence-corrected chi connectivity index (χ0v) is 25.6. The normalized spacial score (nSPS) is 14.0. The predicted molar refractivity (Wildman–Crippen MR) is 166 cm³/mol. The van der Waals surface area contributed by atoms with Gasteiger partial charge in [-0.15, -0.1) is 0 Å². The van der Waals surface area contributed by atoms with Crippen LogP contribution in [0.2, 0.25) is 0 Å². The molecule has 1 aliphatic heterocycles. The van der Waals surface area contributed by atoms with Crippen molar-refractivity contribution in [3.63, 3.8) is 0 Å². The monoisotopic (exact) mass is 592 g/mol. The van der Waals surface area contributed by atoms with Crippen molar-refractivity contribution >= 4 is 24.0 Å². The van der Waals surface area contributed by atoms with Gasteiger partial charge < -0.3 is 38.2 Å². The first-order chi connectivity index (χ1) is 20.9. The number of benzene rings is 2. The maximum Gasteiger partial charge on any atom is 0.246 e. The van der Waals surface area contributed by atoms with Crippen molar-refractivity contribution in [3.8, 4) is 34.5 Å². The van der Waals surface area contributed by atoms with Crippen LogP contribution in [0.5, 0.6) is 34.5 Å². The summed E-state index contributed by atoms with van der Waals surface area (Å²) in [5, 5.41) is 0. The van der Waals surface area contributed by atoms with Gasteiger partial charge in [0.05, 0.1) is 53.8 Å². The van der Waals surface area contributed by atoms with Crippen LogP contribution in [0.15, 0.2) is 60.7 Å². The first-order valence-electron chi connectivity index (χ1n) is 13.8. The number of nitrogens with zero attached hydrogens (tertiary/aromatic N) is 2. The second-order valence-electron chi connectivity index (χ2n) is 9.33. The van der Waals surface area contributed by atoms with Crippen LogP contribution in [0.1, 0.15) is 17.5 Å². The number of amides is 2. The number of rotatable bonds is 12. The molecule has 43 heavy (non-hydrogen) atoms. The number of methoxy groups -OCH3 is 6. The molecule has 1 fully saturated rings. The molecule has 0 aliphatic carbocycles. The van der Waals surface area contributed by atoms with Crippen LogP contribution in [0.3, 0.4) is 0 Å². The Labute approximate surface area is 253 Å². The summed E-state index contributed by atoms with van der Waals surface area (Å²) in [5.74, 6) is 3.37. The number of ether oxygens (including phenoxy) is 6. The quantitative estimate of drug-likeness (QED) is 0.260. The highest BCUT2D eigenvalue weighted by Gasteiger charge is 2.19. The summed E-state index contributed by atoms with van der Waals surface area (Å²) in [4.78, 5) is 29.2. The summed E-state index contributed by atoms with van der Waals surface area (Å²) in [6, 6.07) is 7.06. The zero-order chi connectivity index (χ0) is 31.2. The van der Waals surface area contributed by atoms with Gasteiger partial charge in [-0.05, 0) is 18.6 Å². The van der Waals surface area contributed by atoms with Crippen molar-refractivity contribution in [3.05, 3.63) is 71.8 Å². The number of hydrogen-bond donors (Lipinski definition) is 0. The van der Waals surface area contributed by atoms with Crippen LogP contribution < -0.4 is 28.4 Å². The minimum absolute atomic E-state index is 0.117. The van der Waals surface area contributed by atoms with Crippen molar-refractivity contribution in [2.24, 2.45) is 0 Å². The van der Waals surface area contributed by atoms with E-state index in [9.17, 15) is 9.59 Å². The lowest BCUT2D eigenvalue weighted by Crippen LogP contribution is -2.36. The molecule has 10 heteroatoms. The standard InChI is InChI=1S/C33H40N2O8/c1-38-24-20-28(40-3)26(29(21-24)41-4)12-7-9-14-32(36)34-16-11-17-35(19-18-34)33(37)15-10-8-13-27-30(42-5)22-25(39-2)23-31(27)43-6/h7-10,12-15,20-23H,11,16-19H2,1-6H3/b12-7+,13-8+,14-9+,15-10+. The second kappa shape index (κ2) is 16.5. The summed E-state index contributed by atoms with van der Waals surface area (Å²) in [5.41, 5.74) is 1.47. The Bertz CT molecular complexity index is 1230. The van der Waals surface area contributed by atoms with E-state index in [0.29, 0.717) is 67.1 Å². The van der Waals surface area contributed by atoms with E-state index < -0.39 is 0 Å². The van der Waals surface area contributed by atoms with Crippen molar-refractivity contribution in [1.29, 1.82) is 0 Å². The third-order valence-electron chi connectivity index (χ3n) is 6.85. The molecular formula is C33H40N2O8. The van der Waals surface area contributed by atoms with Crippen molar-refractivity contribution in [2.75, 3.05) is 68.8 Å². The molecule has 0 atom stereocenters. The molecule has 0 saturated carbocycles. The number of carbonyl (C=O) groups is 2. The smallest absolute Gasteiger partial charge is 0.246 e. The Hall–Kier alpha value is -4.86. The molecule has 2 aromatic rings. The Kier molecular flexibility index (Phi) is 12.6. The molecule has 1 saturated heterocycles. The molecule has 0 N–H and O–H groups in total. The third-order valence-corrected chi connectivity index (χ3v) is 6.85. The van der Waals surface area contributed by atoms with Crippen LogP contribution >= 0.6 is 0 Å². The highest BCUT2D eigenvalue weighted by Crippen LogP contribution is 2.36. The van der Waals surface area contributed by atoms with Gasteiger partial charge in [-0.2, -0.15) is 0 Å². The van der Waals surface area contributed by atoms with Crippen molar-refractivity contribution < 1.29 is 38.0 Å². The van der Waals surface area contributed by atoms with Crippen molar-refractivity contribution in [1.82, 2.24) is 9.80 Å². The van der Waals surface area contributed by atoms with Gasteiger partial charge in [0.25, 0.3) is 0 Å². The van der Waals surface area contributed by atoms with Crippen LogP contribution in [-0.4, -0.2) is 90.5 Å². The van der Waals surface area contributed by atoms with Crippen molar-refractivity contribution in [2.45, 2.75) is 6.42 Å². The van der Waals surface area contributed by atoms with Crippen LogP contribution in [0, 0.1) is 0 Å². The van der Waals surface area contributed by atoms with Gasteiger partial charge in [-0.1, -0.05) is 24.3 Å². The Morgan fingerprint density at radius 1 is 0.535 bits per heavy atom. The zero-order valence-electron chi connectivity index (χ0n) is 25.6. The first-order valence-corrected chi connectivity index (χ1v) is 13.8. The van der Waals surface area contributed by atoms with Gasteiger partial charge >= 0.3 is 0 Å². The van der Waals surface area contributed by atoms with E-state index in [-0.39, 0.29) is 11.8 Å². The molecule has 230 valence electrons. The topological polar surface area (TPSA) is 96.0 Å². The minimum Gasteiger partial charge on any atom is -0.496 e. The predicted octanol–water partition coefficient (Wildman–Crippen LogP) is 4.64. The average molecular weight is 593 g/mol. The van der Waals surface area contributed by atoms with Gasteiger partial charge in [0, 0.05) is 62.6 Å². The highest BCUT2D eigenvalue weighted by molar-refractivity contribution is 5.89. The second-order valence-corrected chi connectivity index (χ2v) is 9.33. The van der Waals surface area contributed by atoms with Gasteiger partial charge in [-0.25, -0.2) is 0 Å². The van der Waals surface area contributed by atoms with E-state index in [2.05, 4.69) is 0 Å². The van der Waals surface area contributed by atoms with E-state index in [1.165, 1.54) is 12.2 Å². The number of allylic oxidation sites excluding steroid dienone is 4. The minimum atomic E-state index is -0.117. The fourth-order valence-corrected chi connectivity index (χ4v) is 4.54. The summed E-state index contributed by atoms with van der Waals surface area (Å²) in [6.07, 6.45) is 14.2. The number of hydrogen-bond acceptors (Lipinski definition) is 8. The summed E-state index contributed by atoms with van der Waals surface area (Å²) in [6.45, 7) is 2.03. The van der Waals surface area contributed by atoms with Crippen LogP contribution in [-0.2, 0) is 9.59 Å². The van der Waals surface area contributed by atoms with Gasteiger partial charge in [0.2, 0.25) is 11.8 Å². The first kappa shape index (κ1) is 32.7. The van der Waals surface area contributed by atoms with E-state index in [1.54, 1.807) is 101 Å². The molecule has 3 rings (SSSR count). The highest BCUT2D eigenvalue weighted by atomic mass is 16.5. The molecule has 0 spiro atoms. The number of carbonyl (C=O) groups excluding carboxylic acids is 2. The molecule has 1 aliphatic rings. The van der Waals surface area contributed by atoms with Crippen LogP contribution in [0.25, 0.3) is 12.2 Å². The Morgan fingerprint density at radius 2 is 0.884 bits per heavy atom. The molecule has 2 amide bonds. The lowest BCUT2D eigenvalue weighted by Gasteiger charge is -2.20. The summed E-state index contributed by atoms with van der Waals surface area (Å²) < 4.78 is 32.4. The molecule has 2 aromatic carbocycles. The maximum atomic E-state index is 12.8. The van der Waals surface area contributed by atoms with E-state index in [1.807, 2.05) is 12.2 Å². The molecule has 0 bridgehead atoms. The average Bonchev–Trinajstić information content (AvgIpc) is 3.31. The lowest BCUT2D eigenvalue weighted by molar-refractivity contribution is -0.128. The van der Waals surface area contributed by atoms with Gasteiger partial charge in [0.1, 0.15) is 34.5 Å². The summed E-state index contributed by atoms with van der Waals surface area (Å²) in [7, 11) is 9.44. The molecule has 0 unspecified atom stereocenters. The van der Waals surface area contributed by atoms with Gasteiger partial charge in [-0.3, -0.25) is 9.59 Å². The lowest BCUT2D eigenvalue weighted by atomic mass is 10.1. The van der Waals surface area contributed by atoms with Gasteiger partial charge in [0.15, 0.2) is 0 Å². The fraction of sp³-hybridized carbons (Fsp3) is 0.333. The molecule has 0 radical (unpaired) electrons. The summed E-state index contributed by atoms with van der Waals surface area (Å²) >= 11 is 0.